The molecule has 0 aliphatic carbocycles. The molecule has 1 atom stereocenters. The van der Waals surface area contributed by atoms with Crippen molar-refractivity contribution in [3.8, 4) is 0 Å². The van der Waals surface area contributed by atoms with Crippen LogP contribution < -0.4 is 10.5 Å². The van der Waals surface area contributed by atoms with Gasteiger partial charge in [-0.05, 0) is 25.0 Å². The van der Waals surface area contributed by atoms with Crippen LogP contribution in [0.15, 0.2) is 53.4 Å². The number of benzene rings is 2. The molecule has 8 nitrogen and oxygen atoms in total. The molecule has 0 heterocycles. The number of nitrogens with two attached hydrogens (primary N) is 1. The second-order valence-corrected chi connectivity index (χ2v) is 7.11. The Morgan fingerprint density at radius 1 is 1.20 bits per heavy atom. The lowest BCUT2D eigenvalue weighted by Gasteiger charge is -2.16. The molecule has 0 saturated carbocycles. The van der Waals surface area contributed by atoms with Gasteiger partial charge in [0.05, 0.1) is 9.82 Å². The first-order valence-electron chi connectivity index (χ1n) is 7.32. The van der Waals surface area contributed by atoms with Crippen LogP contribution >= 0.6 is 0 Å². The topological polar surface area (TPSA) is 132 Å². The molecular formula is C16H17N3O5S. The highest BCUT2D eigenvalue weighted by Crippen LogP contribution is 2.24. The Kier molecular flexibility index (Phi) is 5.50. The standard InChI is InChI=1S/C16H17N3O5S/c1-11-14(19(21)22)8-5-9-15(11)25(23,24)18-13(16(17)20)10-12-6-3-2-4-7-12/h2-9,13,18H,10H2,1H3,(H2,17,20)/t13-/m1/s1. The fourth-order valence-corrected chi connectivity index (χ4v) is 3.86. The molecular weight excluding hydrogens is 346 g/mol. The third kappa shape index (κ3) is 4.40. The van der Waals surface area contributed by atoms with Gasteiger partial charge in [-0.3, -0.25) is 14.9 Å². The fraction of sp³-hybridized carbons (Fsp3) is 0.188. The van der Waals surface area contributed by atoms with E-state index in [0.717, 1.165) is 5.56 Å². The number of nitro groups is 1. The highest BCUT2D eigenvalue weighted by atomic mass is 32.2. The summed E-state index contributed by atoms with van der Waals surface area (Å²) in [5.74, 6) is -0.837. The van der Waals surface area contributed by atoms with E-state index in [2.05, 4.69) is 4.72 Å². The maximum absolute atomic E-state index is 12.6. The highest BCUT2D eigenvalue weighted by molar-refractivity contribution is 7.89. The summed E-state index contributed by atoms with van der Waals surface area (Å²) < 4.78 is 27.4. The number of rotatable bonds is 7. The predicted octanol–water partition coefficient (Wildman–Crippen LogP) is 1.28. The minimum absolute atomic E-state index is 0.0112. The Morgan fingerprint density at radius 3 is 2.40 bits per heavy atom. The highest BCUT2D eigenvalue weighted by Gasteiger charge is 2.28. The van der Waals surface area contributed by atoms with E-state index in [-0.39, 0.29) is 22.6 Å². The van der Waals surface area contributed by atoms with Crippen molar-refractivity contribution in [2.24, 2.45) is 5.73 Å². The van der Waals surface area contributed by atoms with Crippen molar-refractivity contribution in [2.45, 2.75) is 24.3 Å². The van der Waals surface area contributed by atoms with Gasteiger partial charge in [-0.15, -0.1) is 0 Å². The van der Waals surface area contributed by atoms with Crippen LogP contribution in [-0.4, -0.2) is 25.3 Å². The molecule has 2 aromatic rings. The van der Waals surface area contributed by atoms with Crippen LogP contribution in [0, 0.1) is 17.0 Å². The van der Waals surface area contributed by atoms with Crippen molar-refractivity contribution in [3.63, 3.8) is 0 Å². The van der Waals surface area contributed by atoms with Crippen molar-refractivity contribution >= 4 is 21.6 Å². The Hall–Kier alpha value is -2.78. The number of nitro benzene ring substituents is 1. The summed E-state index contributed by atoms with van der Waals surface area (Å²) in [5, 5.41) is 11.0. The third-order valence-electron chi connectivity index (χ3n) is 3.67. The normalized spacial score (nSPS) is 12.5. The molecule has 0 unspecified atom stereocenters. The van der Waals surface area contributed by atoms with Gasteiger partial charge in [-0.25, -0.2) is 8.42 Å². The van der Waals surface area contributed by atoms with Gasteiger partial charge in [-0.1, -0.05) is 36.4 Å². The monoisotopic (exact) mass is 363 g/mol. The first kappa shape index (κ1) is 18.6. The molecule has 0 radical (unpaired) electrons. The van der Waals surface area contributed by atoms with Gasteiger partial charge in [-0.2, -0.15) is 4.72 Å². The van der Waals surface area contributed by atoms with E-state index < -0.39 is 26.9 Å². The summed E-state index contributed by atoms with van der Waals surface area (Å²) in [5.41, 5.74) is 5.71. The van der Waals surface area contributed by atoms with E-state index in [0.29, 0.717) is 0 Å². The van der Waals surface area contributed by atoms with Crippen LogP contribution in [0.5, 0.6) is 0 Å². The lowest BCUT2D eigenvalue weighted by Crippen LogP contribution is -2.45. The molecule has 0 aromatic heterocycles. The van der Waals surface area contributed by atoms with Crippen molar-refractivity contribution in [3.05, 3.63) is 69.8 Å². The van der Waals surface area contributed by atoms with E-state index in [1.807, 2.05) is 0 Å². The minimum atomic E-state index is -4.17. The number of carbonyl (C=O) groups excluding carboxylic acids is 1. The van der Waals surface area contributed by atoms with Gasteiger partial charge < -0.3 is 5.73 Å². The van der Waals surface area contributed by atoms with Gasteiger partial charge in [0.1, 0.15) is 6.04 Å². The number of hydrogen-bond acceptors (Lipinski definition) is 5. The number of carbonyl (C=O) groups is 1. The molecule has 0 spiro atoms. The lowest BCUT2D eigenvalue weighted by atomic mass is 10.1. The van der Waals surface area contributed by atoms with Crippen LogP contribution in [0.1, 0.15) is 11.1 Å². The number of sulfonamides is 1. The van der Waals surface area contributed by atoms with Crippen molar-refractivity contribution < 1.29 is 18.1 Å². The van der Waals surface area contributed by atoms with Crippen LogP contribution in [0.3, 0.4) is 0 Å². The summed E-state index contributed by atoms with van der Waals surface area (Å²) >= 11 is 0. The zero-order chi connectivity index (χ0) is 18.6. The summed E-state index contributed by atoms with van der Waals surface area (Å²) in [6.07, 6.45) is 0.0728. The van der Waals surface area contributed by atoms with Crippen LogP contribution in [0.2, 0.25) is 0 Å². The van der Waals surface area contributed by atoms with Gasteiger partial charge >= 0.3 is 0 Å². The molecule has 0 aliphatic rings. The van der Waals surface area contributed by atoms with Gasteiger partial charge in [0.15, 0.2) is 0 Å². The minimum Gasteiger partial charge on any atom is -0.368 e. The van der Waals surface area contributed by atoms with E-state index in [9.17, 15) is 23.3 Å². The molecule has 0 aliphatic heterocycles. The second kappa shape index (κ2) is 7.41. The Morgan fingerprint density at radius 2 is 1.84 bits per heavy atom. The average molecular weight is 363 g/mol. The van der Waals surface area contributed by atoms with Gasteiger partial charge in [0.2, 0.25) is 15.9 Å². The largest absolute Gasteiger partial charge is 0.368 e. The number of primary amides is 1. The Bertz CT molecular complexity index is 897. The van der Waals surface area contributed by atoms with Gasteiger partial charge in [0.25, 0.3) is 5.69 Å². The molecule has 0 fully saturated rings. The van der Waals surface area contributed by atoms with Crippen LogP contribution in [-0.2, 0) is 21.2 Å². The summed E-state index contributed by atoms with van der Waals surface area (Å²) in [4.78, 5) is 21.7. The van der Waals surface area contributed by atoms with Crippen molar-refractivity contribution in [1.82, 2.24) is 4.72 Å². The number of nitrogens with zero attached hydrogens (tertiary/aromatic N) is 1. The number of amides is 1. The van der Waals surface area contributed by atoms with E-state index >= 15 is 0 Å². The smallest absolute Gasteiger partial charge is 0.273 e. The Labute approximate surface area is 144 Å². The first-order valence-corrected chi connectivity index (χ1v) is 8.80. The zero-order valence-electron chi connectivity index (χ0n) is 13.4. The molecule has 1 amide bonds. The Balaban J connectivity index is 2.34. The molecule has 3 N–H and O–H groups in total. The molecule has 132 valence electrons. The van der Waals surface area contributed by atoms with E-state index in [1.165, 1.54) is 25.1 Å². The molecule has 0 bridgehead atoms. The van der Waals surface area contributed by atoms with Crippen LogP contribution in [0.4, 0.5) is 5.69 Å². The third-order valence-corrected chi connectivity index (χ3v) is 5.28. The molecule has 9 heteroatoms. The molecule has 2 aromatic carbocycles. The predicted molar refractivity (Wildman–Crippen MR) is 91.3 cm³/mol. The summed E-state index contributed by atoms with van der Waals surface area (Å²) in [6, 6.07) is 11.3. The van der Waals surface area contributed by atoms with Gasteiger partial charge in [0, 0.05) is 11.6 Å². The van der Waals surface area contributed by atoms with E-state index in [1.54, 1.807) is 30.3 Å². The summed E-state index contributed by atoms with van der Waals surface area (Å²) in [7, 11) is -4.17. The van der Waals surface area contributed by atoms with Crippen LogP contribution in [0.25, 0.3) is 0 Å². The lowest BCUT2D eigenvalue weighted by molar-refractivity contribution is -0.385. The molecule has 0 saturated heterocycles. The number of hydrogen-bond donors (Lipinski definition) is 2. The quantitative estimate of drug-likeness (QED) is 0.565. The molecule has 2 rings (SSSR count). The SMILES string of the molecule is Cc1c([N+](=O)[O-])cccc1S(=O)(=O)N[C@H](Cc1ccccc1)C(N)=O. The second-order valence-electron chi connectivity index (χ2n) is 5.42. The summed E-state index contributed by atoms with van der Waals surface area (Å²) in [6.45, 7) is 1.34. The maximum Gasteiger partial charge on any atom is 0.273 e. The fourth-order valence-electron chi connectivity index (χ4n) is 2.39. The van der Waals surface area contributed by atoms with Crippen molar-refractivity contribution in [1.29, 1.82) is 0 Å². The maximum atomic E-state index is 12.6. The molecule has 25 heavy (non-hydrogen) atoms. The first-order chi connectivity index (χ1) is 11.7. The average Bonchev–Trinajstić information content (AvgIpc) is 2.54. The van der Waals surface area contributed by atoms with E-state index in [4.69, 9.17) is 5.73 Å². The number of nitrogens with one attached hydrogen (secondary N) is 1. The van der Waals surface area contributed by atoms with Crippen molar-refractivity contribution in [2.75, 3.05) is 0 Å². The zero-order valence-corrected chi connectivity index (χ0v) is 14.2.